The Kier molecular flexibility index (Phi) is 7.63. The van der Waals surface area contributed by atoms with E-state index in [0.29, 0.717) is 34.6 Å². The molecule has 1 heterocycles. The Morgan fingerprint density at radius 1 is 1.14 bits per heavy atom. The first-order valence-corrected chi connectivity index (χ1v) is 12.3. The second kappa shape index (κ2) is 9.80. The van der Waals surface area contributed by atoms with E-state index in [9.17, 15) is 8.42 Å². The molecule has 0 aromatic heterocycles. The third-order valence-corrected chi connectivity index (χ3v) is 7.56. The second-order valence-corrected chi connectivity index (χ2v) is 10.5. The summed E-state index contributed by atoms with van der Waals surface area (Å²) in [6.07, 6.45) is 1.44. The Morgan fingerprint density at radius 3 is 2.55 bits per heavy atom. The first-order valence-electron chi connectivity index (χ1n) is 9.88. The molecule has 158 valence electrons. The predicted octanol–water partition coefficient (Wildman–Crippen LogP) is 5.16. The third kappa shape index (κ3) is 5.53. The van der Waals surface area contributed by atoms with Crippen molar-refractivity contribution < 1.29 is 13.2 Å². The van der Waals surface area contributed by atoms with Gasteiger partial charge in [-0.25, -0.2) is 8.42 Å². The van der Waals surface area contributed by atoms with Crippen LogP contribution in [0.15, 0.2) is 41.3 Å². The number of fused-ring (bicyclic) bond motifs is 1. The molecule has 0 fully saturated rings. The molecule has 0 saturated carbocycles. The van der Waals surface area contributed by atoms with E-state index in [0.717, 1.165) is 36.2 Å². The Hall–Kier alpha value is -1.11. The zero-order chi connectivity index (χ0) is 21.0. The van der Waals surface area contributed by atoms with Gasteiger partial charge in [0.1, 0.15) is 0 Å². The highest BCUT2D eigenvalue weighted by Gasteiger charge is 2.27. The lowest BCUT2D eigenvalue weighted by Crippen LogP contribution is -2.31. The first kappa shape index (κ1) is 22.6. The maximum atomic E-state index is 12.6. The molecule has 0 radical (unpaired) electrons. The molecule has 2 aromatic rings. The summed E-state index contributed by atoms with van der Waals surface area (Å²) >= 11 is 12.7. The normalized spacial score (nSPS) is 17.3. The highest BCUT2D eigenvalue weighted by Crippen LogP contribution is 2.38. The first-order chi connectivity index (χ1) is 13.8. The van der Waals surface area contributed by atoms with Crippen LogP contribution in [0, 0.1) is 0 Å². The Bertz CT molecular complexity index is 945. The van der Waals surface area contributed by atoms with Gasteiger partial charge in [-0.05, 0) is 60.8 Å². The number of likely N-dealkylation sites (N-methyl/N-ethyl adjacent to an activating group) is 1. The Labute approximate surface area is 183 Å². The van der Waals surface area contributed by atoms with Crippen molar-refractivity contribution in [3.05, 3.63) is 63.1 Å². The highest BCUT2D eigenvalue weighted by molar-refractivity contribution is 7.91. The Balaban J connectivity index is 1.79. The van der Waals surface area contributed by atoms with Crippen LogP contribution in [0.5, 0.6) is 0 Å². The number of ether oxygens (including phenoxy) is 1. The van der Waals surface area contributed by atoms with E-state index >= 15 is 0 Å². The summed E-state index contributed by atoms with van der Waals surface area (Å²) in [5.41, 5.74) is 3.25. The van der Waals surface area contributed by atoms with Crippen molar-refractivity contribution in [1.29, 1.82) is 0 Å². The van der Waals surface area contributed by atoms with Gasteiger partial charge in [0.05, 0.1) is 10.6 Å². The molecule has 1 atom stereocenters. The van der Waals surface area contributed by atoms with Crippen LogP contribution in [-0.4, -0.2) is 45.9 Å². The third-order valence-electron chi connectivity index (χ3n) is 5.18. The van der Waals surface area contributed by atoms with Crippen LogP contribution >= 0.6 is 23.2 Å². The van der Waals surface area contributed by atoms with Gasteiger partial charge in [-0.3, -0.25) is 0 Å². The molecule has 0 spiro atoms. The fourth-order valence-electron chi connectivity index (χ4n) is 3.75. The molecular formula is C22H27Cl2NO3S. The molecule has 2 aromatic carbocycles. The number of hydrogen-bond acceptors (Lipinski definition) is 4. The van der Waals surface area contributed by atoms with Crippen molar-refractivity contribution >= 4 is 33.0 Å². The van der Waals surface area contributed by atoms with E-state index < -0.39 is 9.84 Å². The van der Waals surface area contributed by atoms with Crippen LogP contribution in [0.4, 0.5) is 0 Å². The van der Waals surface area contributed by atoms with Crippen molar-refractivity contribution in [2.75, 3.05) is 32.6 Å². The SMILES string of the molecule is CCCOCCCS(=O)(=O)c1ccc(C2CN(C)Cc3c(Cl)cc(Cl)cc32)cc1. The van der Waals surface area contributed by atoms with Gasteiger partial charge in [-0.2, -0.15) is 0 Å². The molecule has 0 amide bonds. The minimum absolute atomic E-state index is 0.0935. The summed E-state index contributed by atoms with van der Waals surface area (Å²) in [7, 11) is -1.26. The Morgan fingerprint density at radius 2 is 1.86 bits per heavy atom. The molecule has 0 aliphatic carbocycles. The molecule has 4 nitrogen and oxygen atoms in total. The molecule has 1 aliphatic rings. The fourth-order valence-corrected chi connectivity index (χ4v) is 5.61. The summed E-state index contributed by atoms with van der Waals surface area (Å²) in [6, 6.07) is 11.0. The van der Waals surface area contributed by atoms with E-state index in [1.54, 1.807) is 18.2 Å². The average Bonchev–Trinajstić information content (AvgIpc) is 2.68. The minimum Gasteiger partial charge on any atom is -0.381 e. The molecule has 29 heavy (non-hydrogen) atoms. The van der Waals surface area contributed by atoms with E-state index in [-0.39, 0.29) is 11.7 Å². The molecule has 1 unspecified atom stereocenters. The highest BCUT2D eigenvalue weighted by atomic mass is 35.5. The van der Waals surface area contributed by atoms with E-state index in [1.165, 1.54) is 0 Å². The van der Waals surface area contributed by atoms with E-state index in [1.807, 2.05) is 25.1 Å². The monoisotopic (exact) mass is 455 g/mol. The van der Waals surface area contributed by atoms with Crippen LogP contribution in [0.25, 0.3) is 0 Å². The number of nitrogens with zero attached hydrogens (tertiary/aromatic N) is 1. The molecule has 0 N–H and O–H groups in total. The maximum Gasteiger partial charge on any atom is 0.178 e. The van der Waals surface area contributed by atoms with Crippen molar-refractivity contribution in [1.82, 2.24) is 4.90 Å². The molecule has 0 saturated heterocycles. The summed E-state index contributed by atoms with van der Waals surface area (Å²) in [4.78, 5) is 2.57. The predicted molar refractivity (Wildman–Crippen MR) is 119 cm³/mol. The van der Waals surface area contributed by atoms with Gasteiger partial charge in [0.2, 0.25) is 0 Å². The lowest BCUT2D eigenvalue weighted by molar-refractivity contribution is 0.136. The zero-order valence-electron chi connectivity index (χ0n) is 16.8. The lowest BCUT2D eigenvalue weighted by atomic mass is 9.85. The number of sulfone groups is 1. The van der Waals surface area contributed by atoms with Crippen molar-refractivity contribution in [3.63, 3.8) is 0 Å². The number of benzene rings is 2. The van der Waals surface area contributed by atoms with Gasteiger partial charge in [-0.1, -0.05) is 42.3 Å². The van der Waals surface area contributed by atoms with Crippen molar-refractivity contribution in [2.45, 2.75) is 37.1 Å². The van der Waals surface area contributed by atoms with Crippen LogP contribution in [-0.2, 0) is 21.1 Å². The van der Waals surface area contributed by atoms with Gasteiger partial charge in [-0.15, -0.1) is 0 Å². The quantitative estimate of drug-likeness (QED) is 0.515. The van der Waals surface area contributed by atoms with Crippen LogP contribution in [0.2, 0.25) is 10.0 Å². The lowest BCUT2D eigenvalue weighted by Gasteiger charge is -2.33. The van der Waals surface area contributed by atoms with Crippen molar-refractivity contribution in [2.24, 2.45) is 0 Å². The van der Waals surface area contributed by atoms with Gasteiger partial charge in [0.25, 0.3) is 0 Å². The van der Waals surface area contributed by atoms with E-state index in [2.05, 4.69) is 11.9 Å². The zero-order valence-corrected chi connectivity index (χ0v) is 19.2. The number of hydrogen-bond donors (Lipinski definition) is 0. The average molecular weight is 456 g/mol. The largest absolute Gasteiger partial charge is 0.381 e. The number of rotatable bonds is 8. The van der Waals surface area contributed by atoms with Crippen LogP contribution in [0.3, 0.4) is 0 Å². The molecule has 7 heteroatoms. The topological polar surface area (TPSA) is 46.6 Å². The minimum atomic E-state index is -3.31. The molecule has 3 rings (SSSR count). The van der Waals surface area contributed by atoms with Gasteiger partial charge in [0.15, 0.2) is 9.84 Å². The standard InChI is InChI=1S/C22H27Cl2NO3S/c1-3-9-28-10-4-11-29(26,27)18-7-5-16(6-8-18)20-14-25(2)15-21-19(20)12-17(23)13-22(21)24/h5-8,12-13,20H,3-4,9-11,14-15H2,1-2H3. The second-order valence-electron chi connectivity index (χ2n) is 7.56. The van der Waals surface area contributed by atoms with Crippen molar-refractivity contribution in [3.8, 4) is 0 Å². The van der Waals surface area contributed by atoms with Gasteiger partial charge < -0.3 is 9.64 Å². The molecule has 1 aliphatic heterocycles. The van der Waals surface area contributed by atoms with E-state index in [4.69, 9.17) is 27.9 Å². The van der Waals surface area contributed by atoms with Gasteiger partial charge >= 0.3 is 0 Å². The smallest absolute Gasteiger partial charge is 0.178 e. The molecule has 0 bridgehead atoms. The summed E-state index contributed by atoms with van der Waals surface area (Å²) < 4.78 is 30.6. The molecular weight excluding hydrogens is 429 g/mol. The van der Waals surface area contributed by atoms with Crippen LogP contribution in [0.1, 0.15) is 42.4 Å². The van der Waals surface area contributed by atoms with Gasteiger partial charge in [0, 0.05) is 42.3 Å². The fraction of sp³-hybridized carbons (Fsp3) is 0.455. The maximum absolute atomic E-state index is 12.6. The summed E-state index contributed by atoms with van der Waals surface area (Å²) in [5, 5.41) is 1.29. The summed E-state index contributed by atoms with van der Waals surface area (Å²) in [5.74, 6) is 0.190. The van der Waals surface area contributed by atoms with Crippen LogP contribution < -0.4 is 0 Å². The number of halogens is 2. The summed E-state index contributed by atoms with van der Waals surface area (Å²) in [6.45, 7) is 4.76.